The molecule has 124 valence electrons. The molecule has 2 atom stereocenters. The van der Waals surface area contributed by atoms with Crippen LogP contribution in [0.3, 0.4) is 0 Å². The van der Waals surface area contributed by atoms with Crippen molar-refractivity contribution in [3.63, 3.8) is 0 Å². The van der Waals surface area contributed by atoms with Crippen molar-refractivity contribution in [2.75, 3.05) is 6.54 Å². The number of hydrogen-bond acceptors (Lipinski definition) is 3. The summed E-state index contributed by atoms with van der Waals surface area (Å²) < 4.78 is 41.5. The number of ether oxygens (including phenoxy) is 1. The third-order valence-electron chi connectivity index (χ3n) is 2.61. The van der Waals surface area contributed by atoms with Crippen molar-refractivity contribution in [1.29, 1.82) is 0 Å². The molecule has 0 bridgehead atoms. The highest BCUT2D eigenvalue weighted by atomic mass is 35.5. The van der Waals surface area contributed by atoms with Gasteiger partial charge in [-0.2, -0.15) is 13.2 Å². The SMILES string of the molecule is C[C@H](Oc1cc(Cl)cc(Cl)c1)C(=O)NCC[C@H](O)C(F)(F)F. The van der Waals surface area contributed by atoms with Gasteiger partial charge in [0, 0.05) is 16.6 Å². The number of rotatable bonds is 6. The molecule has 0 fully saturated rings. The Morgan fingerprint density at radius 3 is 2.36 bits per heavy atom. The molecule has 0 aliphatic rings. The van der Waals surface area contributed by atoms with Crippen molar-refractivity contribution >= 4 is 29.1 Å². The van der Waals surface area contributed by atoms with E-state index in [2.05, 4.69) is 5.32 Å². The number of hydrogen-bond donors (Lipinski definition) is 2. The minimum Gasteiger partial charge on any atom is -0.481 e. The Bertz CT molecular complexity index is 505. The van der Waals surface area contributed by atoms with Crippen molar-refractivity contribution in [1.82, 2.24) is 5.32 Å². The van der Waals surface area contributed by atoms with Crippen LogP contribution in [0.25, 0.3) is 0 Å². The summed E-state index contributed by atoms with van der Waals surface area (Å²) in [5, 5.41) is 11.7. The summed E-state index contributed by atoms with van der Waals surface area (Å²) in [5.74, 6) is -0.360. The molecular formula is C13H14Cl2F3NO3. The standard InChI is InChI=1S/C13H14Cl2F3NO3/c1-7(22-10-5-8(14)4-9(15)6-10)12(21)19-3-2-11(20)13(16,17)18/h4-7,11,20H,2-3H2,1H3,(H,19,21)/t7-,11-/m0/s1. The highest BCUT2D eigenvalue weighted by Crippen LogP contribution is 2.25. The lowest BCUT2D eigenvalue weighted by atomic mass is 10.2. The average Bonchev–Trinajstić information content (AvgIpc) is 2.35. The van der Waals surface area contributed by atoms with Crippen LogP contribution < -0.4 is 10.1 Å². The van der Waals surface area contributed by atoms with Gasteiger partial charge in [-0.15, -0.1) is 0 Å². The fourth-order valence-corrected chi connectivity index (χ4v) is 2.00. The first-order valence-electron chi connectivity index (χ1n) is 6.25. The molecule has 0 aliphatic carbocycles. The highest BCUT2D eigenvalue weighted by Gasteiger charge is 2.37. The van der Waals surface area contributed by atoms with Crippen LogP contribution in [0.1, 0.15) is 13.3 Å². The molecule has 0 aliphatic heterocycles. The molecular weight excluding hydrogens is 346 g/mol. The molecule has 0 radical (unpaired) electrons. The second kappa shape index (κ2) is 7.89. The van der Waals surface area contributed by atoms with E-state index >= 15 is 0 Å². The lowest BCUT2D eigenvalue weighted by Crippen LogP contribution is -2.39. The summed E-state index contributed by atoms with van der Waals surface area (Å²) >= 11 is 11.5. The first-order chi connectivity index (χ1) is 10.1. The molecule has 22 heavy (non-hydrogen) atoms. The van der Waals surface area contributed by atoms with Gasteiger partial charge in [0.1, 0.15) is 5.75 Å². The second-order valence-electron chi connectivity index (χ2n) is 4.50. The molecule has 9 heteroatoms. The third-order valence-corrected chi connectivity index (χ3v) is 3.05. The number of carbonyl (C=O) groups is 1. The topological polar surface area (TPSA) is 58.6 Å². The van der Waals surface area contributed by atoms with E-state index < -0.39 is 30.7 Å². The normalized spacial score (nSPS) is 14.3. The van der Waals surface area contributed by atoms with E-state index in [1.807, 2.05) is 0 Å². The molecule has 1 amide bonds. The number of alkyl halides is 3. The summed E-state index contributed by atoms with van der Waals surface area (Å²) in [6.45, 7) is 1.09. The maximum absolute atomic E-state index is 12.1. The Labute approximate surface area is 135 Å². The minimum absolute atomic E-state index is 0.260. The number of aliphatic hydroxyl groups excluding tert-OH is 1. The molecule has 1 aromatic carbocycles. The van der Waals surface area contributed by atoms with Crippen LogP contribution in [-0.2, 0) is 4.79 Å². The van der Waals surface area contributed by atoms with Crippen LogP contribution in [0.15, 0.2) is 18.2 Å². The Hall–Kier alpha value is -1.18. The van der Waals surface area contributed by atoms with E-state index in [1.54, 1.807) is 0 Å². The van der Waals surface area contributed by atoms with E-state index in [9.17, 15) is 18.0 Å². The number of halogens is 5. The average molecular weight is 360 g/mol. The zero-order chi connectivity index (χ0) is 16.9. The third kappa shape index (κ3) is 6.29. The van der Waals surface area contributed by atoms with Crippen molar-refractivity contribution in [3.05, 3.63) is 28.2 Å². The van der Waals surface area contributed by atoms with E-state index in [0.29, 0.717) is 10.0 Å². The monoisotopic (exact) mass is 359 g/mol. The lowest BCUT2D eigenvalue weighted by molar-refractivity contribution is -0.205. The second-order valence-corrected chi connectivity index (χ2v) is 5.38. The molecule has 1 rings (SSSR count). The smallest absolute Gasteiger partial charge is 0.414 e. The van der Waals surface area contributed by atoms with Gasteiger partial charge < -0.3 is 15.2 Å². The minimum atomic E-state index is -4.70. The van der Waals surface area contributed by atoms with Crippen LogP contribution in [0.2, 0.25) is 10.0 Å². The number of nitrogens with one attached hydrogen (secondary N) is 1. The van der Waals surface area contributed by atoms with Crippen LogP contribution in [0, 0.1) is 0 Å². The van der Waals surface area contributed by atoms with Crippen LogP contribution >= 0.6 is 23.2 Å². The Balaban J connectivity index is 2.45. The molecule has 0 aromatic heterocycles. The summed E-state index contributed by atoms with van der Waals surface area (Å²) in [5.41, 5.74) is 0. The van der Waals surface area contributed by atoms with Crippen molar-refractivity contribution in [3.8, 4) is 5.75 Å². The molecule has 2 N–H and O–H groups in total. The first kappa shape index (κ1) is 18.9. The number of aliphatic hydroxyl groups is 1. The van der Waals surface area contributed by atoms with Crippen molar-refractivity contribution in [2.24, 2.45) is 0 Å². The summed E-state index contributed by atoms with van der Waals surface area (Å²) in [4.78, 5) is 11.7. The maximum atomic E-state index is 12.1. The quantitative estimate of drug-likeness (QED) is 0.819. The zero-order valence-corrected chi connectivity index (χ0v) is 13.0. The van der Waals surface area contributed by atoms with Gasteiger partial charge in [-0.05, 0) is 31.5 Å². The lowest BCUT2D eigenvalue weighted by Gasteiger charge is -2.17. The van der Waals surface area contributed by atoms with Gasteiger partial charge in [0.2, 0.25) is 0 Å². The van der Waals surface area contributed by atoms with Crippen LogP contribution in [0.5, 0.6) is 5.75 Å². The van der Waals surface area contributed by atoms with E-state index in [1.165, 1.54) is 25.1 Å². The summed E-state index contributed by atoms with van der Waals surface area (Å²) in [7, 11) is 0. The first-order valence-corrected chi connectivity index (χ1v) is 7.00. The fraction of sp³-hybridized carbons (Fsp3) is 0.462. The Morgan fingerprint density at radius 1 is 1.32 bits per heavy atom. The number of amides is 1. The van der Waals surface area contributed by atoms with Crippen molar-refractivity contribution < 1.29 is 27.8 Å². The summed E-state index contributed by atoms with van der Waals surface area (Å²) in [6, 6.07) is 4.38. The predicted octanol–water partition coefficient (Wildman–Crippen LogP) is 3.19. The van der Waals surface area contributed by atoms with E-state index in [-0.39, 0.29) is 12.3 Å². The highest BCUT2D eigenvalue weighted by molar-refractivity contribution is 6.34. The van der Waals surface area contributed by atoms with Gasteiger partial charge in [0.15, 0.2) is 12.2 Å². The van der Waals surface area contributed by atoms with Crippen LogP contribution in [-0.4, -0.2) is 35.9 Å². The van der Waals surface area contributed by atoms with Gasteiger partial charge in [-0.1, -0.05) is 23.2 Å². The molecule has 0 saturated heterocycles. The molecule has 0 spiro atoms. The molecule has 0 unspecified atom stereocenters. The maximum Gasteiger partial charge on any atom is 0.414 e. The molecule has 0 heterocycles. The van der Waals surface area contributed by atoms with E-state index in [4.69, 9.17) is 33.0 Å². The van der Waals surface area contributed by atoms with E-state index in [0.717, 1.165) is 0 Å². The Kier molecular flexibility index (Phi) is 6.77. The summed E-state index contributed by atoms with van der Waals surface area (Å²) in [6.07, 6.45) is -8.77. The van der Waals surface area contributed by atoms with Gasteiger partial charge in [-0.25, -0.2) is 0 Å². The predicted molar refractivity (Wildman–Crippen MR) is 76.2 cm³/mol. The molecule has 4 nitrogen and oxygen atoms in total. The van der Waals surface area contributed by atoms with Crippen LogP contribution in [0.4, 0.5) is 13.2 Å². The van der Waals surface area contributed by atoms with Gasteiger partial charge in [0.05, 0.1) is 0 Å². The number of benzene rings is 1. The molecule has 1 aromatic rings. The van der Waals surface area contributed by atoms with Gasteiger partial charge >= 0.3 is 6.18 Å². The van der Waals surface area contributed by atoms with Gasteiger partial charge in [0.25, 0.3) is 5.91 Å². The van der Waals surface area contributed by atoms with Crippen molar-refractivity contribution in [2.45, 2.75) is 31.7 Å². The Morgan fingerprint density at radius 2 is 1.86 bits per heavy atom. The van der Waals surface area contributed by atoms with Gasteiger partial charge in [-0.3, -0.25) is 4.79 Å². The fourth-order valence-electron chi connectivity index (χ4n) is 1.49. The number of carbonyl (C=O) groups excluding carboxylic acids is 1. The largest absolute Gasteiger partial charge is 0.481 e. The molecule has 0 saturated carbocycles. The zero-order valence-electron chi connectivity index (χ0n) is 11.5.